The van der Waals surface area contributed by atoms with Gasteiger partial charge >= 0.3 is 0 Å². The molecule has 0 aliphatic carbocycles. The van der Waals surface area contributed by atoms with Gasteiger partial charge in [-0.25, -0.2) is 4.39 Å². The average Bonchev–Trinajstić information content (AvgIpc) is 3.06. The third kappa shape index (κ3) is 4.04. The summed E-state index contributed by atoms with van der Waals surface area (Å²) in [6.07, 6.45) is 5.77. The van der Waals surface area contributed by atoms with E-state index < -0.39 is 0 Å². The molecule has 6 heteroatoms. The molecule has 1 atom stereocenters. The summed E-state index contributed by atoms with van der Waals surface area (Å²) in [5, 5.41) is 7.62. The highest BCUT2D eigenvalue weighted by Crippen LogP contribution is 2.20. The van der Waals surface area contributed by atoms with Crippen molar-refractivity contribution in [3.8, 4) is 5.75 Å². The van der Waals surface area contributed by atoms with Gasteiger partial charge in [-0.1, -0.05) is 12.1 Å². The maximum atomic E-state index is 13.5. The van der Waals surface area contributed by atoms with Gasteiger partial charge in [0, 0.05) is 25.6 Å². The molecule has 1 aliphatic heterocycles. The van der Waals surface area contributed by atoms with Gasteiger partial charge in [0.15, 0.2) is 11.6 Å². The van der Waals surface area contributed by atoms with Crippen LogP contribution in [0.1, 0.15) is 12.8 Å². The predicted octanol–water partition coefficient (Wildman–Crippen LogP) is 2.21. The molecule has 0 amide bonds. The van der Waals surface area contributed by atoms with Crippen LogP contribution in [0.5, 0.6) is 5.75 Å². The number of ether oxygens (including phenoxy) is 1. The standard InChI is InChI=1S/C16H21FN4O/c17-15-5-1-2-6-16(15)22-11-14-4-3-7-20(10-14)8-9-21-12-18-19-13-21/h1-2,5-6,12-14H,3-4,7-11H2/t14-/m1/s1. The molecule has 0 N–H and O–H groups in total. The average molecular weight is 304 g/mol. The zero-order chi connectivity index (χ0) is 15.2. The molecule has 118 valence electrons. The third-order valence-corrected chi connectivity index (χ3v) is 4.06. The Bertz CT molecular complexity index is 575. The van der Waals surface area contributed by atoms with Crippen LogP contribution in [0.2, 0.25) is 0 Å². The summed E-state index contributed by atoms with van der Waals surface area (Å²) in [4.78, 5) is 2.43. The number of hydrogen-bond acceptors (Lipinski definition) is 4. The minimum absolute atomic E-state index is 0.289. The van der Waals surface area contributed by atoms with Crippen molar-refractivity contribution in [2.75, 3.05) is 26.2 Å². The molecule has 2 heterocycles. The second-order valence-electron chi connectivity index (χ2n) is 5.75. The summed E-state index contributed by atoms with van der Waals surface area (Å²) >= 11 is 0. The summed E-state index contributed by atoms with van der Waals surface area (Å²) in [7, 11) is 0. The SMILES string of the molecule is Fc1ccccc1OC[C@@H]1CCCN(CCn2cnnc2)C1. The molecule has 0 bridgehead atoms. The molecule has 0 spiro atoms. The highest BCUT2D eigenvalue weighted by molar-refractivity contribution is 5.23. The van der Waals surface area contributed by atoms with Crippen LogP contribution in [0.4, 0.5) is 4.39 Å². The van der Waals surface area contributed by atoms with E-state index in [1.165, 1.54) is 6.07 Å². The van der Waals surface area contributed by atoms with Crippen molar-refractivity contribution in [2.24, 2.45) is 5.92 Å². The molecule has 1 aliphatic rings. The Kier molecular flexibility index (Phi) is 5.00. The van der Waals surface area contributed by atoms with E-state index in [-0.39, 0.29) is 5.82 Å². The van der Waals surface area contributed by atoms with Crippen molar-refractivity contribution in [1.29, 1.82) is 0 Å². The van der Waals surface area contributed by atoms with Crippen LogP contribution in [-0.2, 0) is 6.54 Å². The fourth-order valence-corrected chi connectivity index (χ4v) is 2.85. The maximum absolute atomic E-state index is 13.5. The first-order chi connectivity index (χ1) is 10.8. The summed E-state index contributed by atoms with van der Waals surface area (Å²) < 4.78 is 21.2. The summed E-state index contributed by atoms with van der Waals surface area (Å²) in [6.45, 7) is 4.56. The van der Waals surface area contributed by atoms with Crippen molar-refractivity contribution >= 4 is 0 Å². The van der Waals surface area contributed by atoms with Gasteiger partial charge in [0.2, 0.25) is 0 Å². The van der Waals surface area contributed by atoms with Crippen LogP contribution in [0.15, 0.2) is 36.9 Å². The van der Waals surface area contributed by atoms with Gasteiger partial charge in [-0.05, 0) is 31.5 Å². The quantitative estimate of drug-likeness (QED) is 0.820. The third-order valence-electron chi connectivity index (χ3n) is 4.06. The van der Waals surface area contributed by atoms with E-state index in [0.717, 1.165) is 39.0 Å². The van der Waals surface area contributed by atoms with Gasteiger partial charge in [-0.3, -0.25) is 0 Å². The molecule has 1 aromatic carbocycles. The number of nitrogens with zero attached hydrogens (tertiary/aromatic N) is 4. The van der Waals surface area contributed by atoms with Crippen molar-refractivity contribution in [3.63, 3.8) is 0 Å². The number of hydrogen-bond donors (Lipinski definition) is 0. The van der Waals surface area contributed by atoms with Gasteiger partial charge in [0.25, 0.3) is 0 Å². The molecule has 0 radical (unpaired) electrons. The minimum Gasteiger partial charge on any atom is -0.490 e. The fourth-order valence-electron chi connectivity index (χ4n) is 2.85. The summed E-state index contributed by atoms with van der Waals surface area (Å²) in [6, 6.07) is 6.59. The Morgan fingerprint density at radius 2 is 2.00 bits per heavy atom. The lowest BCUT2D eigenvalue weighted by Crippen LogP contribution is -2.39. The lowest BCUT2D eigenvalue weighted by atomic mass is 9.99. The van der Waals surface area contributed by atoms with E-state index in [1.807, 2.05) is 4.57 Å². The van der Waals surface area contributed by atoms with Crippen molar-refractivity contribution in [1.82, 2.24) is 19.7 Å². The minimum atomic E-state index is -0.289. The lowest BCUT2D eigenvalue weighted by Gasteiger charge is -2.32. The molecule has 1 aromatic heterocycles. The van der Waals surface area contributed by atoms with E-state index in [1.54, 1.807) is 30.9 Å². The number of halogens is 1. The topological polar surface area (TPSA) is 43.2 Å². The van der Waals surface area contributed by atoms with Crippen LogP contribution < -0.4 is 4.74 Å². The van der Waals surface area contributed by atoms with Crippen LogP contribution in [-0.4, -0.2) is 45.9 Å². The fraction of sp³-hybridized carbons (Fsp3) is 0.500. The number of para-hydroxylation sites is 1. The van der Waals surface area contributed by atoms with Crippen LogP contribution in [0, 0.1) is 11.7 Å². The van der Waals surface area contributed by atoms with Crippen LogP contribution in [0.25, 0.3) is 0 Å². The first-order valence-corrected chi connectivity index (χ1v) is 7.73. The van der Waals surface area contributed by atoms with Crippen molar-refractivity contribution in [3.05, 3.63) is 42.7 Å². The van der Waals surface area contributed by atoms with Crippen molar-refractivity contribution < 1.29 is 9.13 Å². The molecule has 1 saturated heterocycles. The molecule has 3 rings (SSSR count). The summed E-state index contributed by atoms with van der Waals surface area (Å²) in [5.74, 6) is 0.515. The molecule has 1 fully saturated rings. The Labute approximate surface area is 129 Å². The first-order valence-electron chi connectivity index (χ1n) is 7.73. The number of aromatic nitrogens is 3. The normalized spacial score (nSPS) is 19.2. The zero-order valence-corrected chi connectivity index (χ0v) is 12.6. The number of rotatable bonds is 6. The Balaban J connectivity index is 1.45. The molecule has 5 nitrogen and oxygen atoms in total. The largest absolute Gasteiger partial charge is 0.490 e. The number of piperidine rings is 1. The Morgan fingerprint density at radius 3 is 2.82 bits per heavy atom. The maximum Gasteiger partial charge on any atom is 0.165 e. The smallest absolute Gasteiger partial charge is 0.165 e. The first kappa shape index (κ1) is 15.0. The molecular weight excluding hydrogens is 283 g/mol. The molecule has 22 heavy (non-hydrogen) atoms. The second kappa shape index (κ2) is 7.35. The van der Waals surface area contributed by atoms with E-state index in [2.05, 4.69) is 15.1 Å². The molecule has 2 aromatic rings. The van der Waals surface area contributed by atoms with E-state index in [0.29, 0.717) is 18.3 Å². The Morgan fingerprint density at radius 1 is 1.18 bits per heavy atom. The van der Waals surface area contributed by atoms with Gasteiger partial charge in [0.1, 0.15) is 12.7 Å². The number of benzene rings is 1. The zero-order valence-electron chi connectivity index (χ0n) is 12.6. The molecule has 0 saturated carbocycles. The highest BCUT2D eigenvalue weighted by Gasteiger charge is 2.20. The summed E-state index contributed by atoms with van der Waals surface area (Å²) in [5.41, 5.74) is 0. The second-order valence-corrected chi connectivity index (χ2v) is 5.75. The van der Waals surface area contributed by atoms with E-state index in [4.69, 9.17) is 4.74 Å². The Hall–Kier alpha value is -1.95. The van der Waals surface area contributed by atoms with Crippen LogP contribution >= 0.6 is 0 Å². The lowest BCUT2D eigenvalue weighted by molar-refractivity contribution is 0.125. The predicted molar refractivity (Wildman–Crippen MR) is 81.1 cm³/mol. The van der Waals surface area contributed by atoms with E-state index in [9.17, 15) is 4.39 Å². The van der Waals surface area contributed by atoms with Gasteiger partial charge < -0.3 is 14.2 Å². The van der Waals surface area contributed by atoms with Gasteiger partial charge in [-0.2, -0.15) is 0 Å². The van der Waals surface area contributed by atoms with Crippen LogP contribution in [0.3, 0.4) is 0 Å². The monoisotopic (exact) mass is 304 g/mol. The van der Waals surface area contributed by atoms with Crippen molar-refractivity contribution in [2.45, 2.75) is 19.4 Å². The highest BCUT2D eigenvalue weighted by atomic mass is 19.1. The number of likely N-dealkylation sites (tertiary alicyclic amines) is 1. The van der Waals surface area contributed by atoms with E-state index >= 15 is 0 Å². The van der Waals surface area contributed by atoms with Gasteiger partial charge in [-0.15, -0.1) is 10.2 Å². The molecule has 0 unspecified atom stereocenters. The molecular formula is C16H21FN4O. The van der Waals surface area contributed by atoms with Gasteiger partial charge in [0.05, 0.1) is 6.61 Å².